The Labute approximate surface area is 592 Å². The van der Waals surface area contributed by atoms with Crippen LogP contribution in [0.5, 0.6) is 0 Å². The molecule has 0 N–H and O–H groups in total. The second-order valence-corrected chi connectivity index (χ2v) is 28.3. The number of aromatic nitrogens is 8. The van der Waals surface area contributed by atoms with Crippen molar-refractivity contribution < 1.29 is 0 Å². The molecule has 0 saturated carbocycles. The highest BCUT2D eigenvalue weighted by atomic mass is 32.1. The van der Waals surface area contributed by atoms with Crippen LogP contribution in [-0.4, -0.2) is 38.2 Å². The monoisotopic (exact) mass is 1340 g/mol. The lowest BCUT2D eigenvalue weighted by atomic mass is 10.0. The summed E-state index contributed by atoms with van der Waals surface area (Å²) in [6.07, 6.45) is 3.93. The van der Waals surface area contributed by atoms with Gasteiger partial charge in [-0.2, -0.15) is 0 Å². The molecule has 476 valence electrons. The number of para-hydroxylation sites is 6. The van der Waals surface area contributed by atoms with E-state index in [0.29, 0.717) is 0 Å². The molecule has 0 fully saturated rings. The molecule has 0 aliphatic heterocycles. The van der Waals surface area contributed by atoms with Crippen molar-refractivity contribution in [1.29, 1.82) is 0 Å². The maximum Gasteiger partial charge on any atom is 0.159 e. The van der Waals surface area contributed by atoms with Crippen LogP contribution in [0, 0.1) is 0 Å². The van der Waals surface area contributed by atoms with Gasteiger partial charge in [-0.25, -0.2) is 19.9 Å². The highest BCUT2D eigenvalue weighted by Gasteiger charge is 2.21. The second-order valence-electron chi connectivity index (χ2n) is 26.1. The number of hydrogen-bond donors (Lipinski definition) is 0. The third kappa shape index (κ3) is 9.27. The van der Waals surface area contributed by atoms with E-state index >= 15 is 0 Å². The van der Waals surface area contributed by atoms with Gasteiger partial charge < -0.3 is 18.3 Å². The normalized spacial score (nSPS) is 11.9. The fourth-order valence-electron chi connectivity index (χ4n) is 15.7. The number of fused-ring (bicyclic) bond motifs is 18. The van der Waals surface area contributed by atoms with Gasteiger partial charge in [0, 0.05) is 110 Å². The lowest BCUT2D eigenvalue weighted by Crippen LogP contribution is -1.96. The van der Waals surface area contributed by atoms with Crippen LogP contribution in [0.25, 0.3) is 196 Å². The van der Waals surface area contributed by atoms with Crippen molar-refractivity contribution >= 4 is 151 Å². The van der Waals surface area contributed by atoms with Crippen molar-refractivity contribution in [3.8, 4) is 67.8 Å². The van der Waals surface area contributed by atoms with Gasteiger partial charge in [-0.15, -0.1) is 22.7 Å². The van der Waals surface area contributed by atoms with Crippen LogP contribution in [0.1, 0.15) is 0 Å². The average molecular weight is 1340 g/mol. The fourth-order valence-corrected chi connectivity index (χ4v) is 17.8. The Kier molecular flexibility index (Phi) is 13.2. The van der Waals surface area contributed by atoms with Gasteiger partial charge in [0.15, 0.2) is 11.6 Å². The Balaban J connectivity index is 0.000000133. The summed E-state index contributed by atoms with van der Waals surface area (Å²) in [4.78, 5) is 19.8. The summed E-state index contributed by atoms with van der Waals surface area (Å²) in [5.41, 5.74) is 22.8. The number of thiophene rings is 2. The van der Waals surface area contributed by atoms with Crippen LogP contribution in [-0.2, 0) is 0 Å². The van der Waals surface area contributed by atoms with E-state index in [2.05, 4.69) is 346 Å². The van der Waals surface area contributed by atoms with E-state index in [0.717, 1.165) is 60.1 Å². The molecule has 102 heavy (non-hydrogen) atoms. The van der Waals surface area contributed by atoms with Crippen LogP contribution in [0.2, 0.25) is 0 Å². The van der Waals surface area contributed by atoms with Crippen LogP contribution in [0.15, 0.2) is 340 Å². The molecule has 0 aliphatic rings. The zero-order valence-corrected chi connectivity index (χ0v) is 56.4. The minimum Gasteiger partial charge on any atom is -0.309 e. The van der Waals surface area contributed by atoms with E-state index in [-0.39, 0.29) is 0 Å². The first kappa shape index (κ1) is 57.9. The number of hydrogen-bond acceptors (Lipinski definition) is 6. The Bertz CT molecular complexity index is 7150. The molecular formula is C92H56N8S2. The van der Waals surface area contributed by atoms with Gasteiger partial charge in [0.1, 0.15) is 0 Å². The Hall–Kier alpha value is -13.1. The molecule has 14 aromatic carbocycles. The molecule has 0 unspecified atom stereocenters. The summed E-state index contributed by atoms with van der Waals surface area (Å²) in [5, 5.41) is 12.3. The minimum absolute atomic E-state index is 0.734. The zero-order valence-electron chi connectivity index (χ0n) is 54.7. The first-order valence-corrected chi connectivity index (χ1v) is 35.9. The quantitative estimate of drug-likeness (QED) is 0.152. The number of rotatable bonds is 8. The minimum atomic E-state index is 0.734. The average Bonchev–Trinajstić information content (AvgIpc) is 1.59. The maximum atomic E-state index is 5.09. The zero-order chi connectivity index (χ0) is 66.9. The molecule has 0 amide bonds. The molecule has 0 aliphatic carbocycles. The smallest absolute Gasteiger partial charge is 0.159 e. The molecule has 0 radical (unpaired) electrons. The molecular weight excluding hydrogens is 1280 g/mol. The van der Waals surface area contributed by atoms with Crippen LogP contribution < -0.4 is 0 Å². The van der Waals surface area contributed by atoms with E-state index in [4.69, 9.17) is 19.9 Å². The predicted octanol–water partition coefficient (Wildman–Crippen LogP) is 24.7. The molecule has 10 heteroatoms. The van der Waals surface area contributed by atoms with E-state index in [1.807, 2.05) is 12.4 Å². The lowest BCUT2D eigenvalue weighted by molar-refractivity contribution is 1.17. The molecule has 0 saturated heterocycles. The maximum absolute atomic E-state index is 5.09. The van der Waals surface area contributed by atoms with Crippen molar-refractivity contribution in [3.63, 3.8) is 0 Å². The van der Waals surface area contributed by atoms with E-state index < -0.39 is 0 Å². The van der Waals surface area contributed by atoms with Gasteiger partial charge in [0.05, 0.1) is 64.6 Å². The molecule has 0 spiro atoms. The number of nitrogens with zero attached hydrogens (tertiary/aromatic N) is 8. The third-order valence-electron chi connectivity index (χ3n) is 20.3. The van der Waals surface area contributed by atoms with Crippen LogP contribution in [0.4, 0.5) is 0 Å². The first-order valence-electron chi connectivity index (χ1n) is 34.3. The van der Waals surface area contributed by atoms with Crippen molar-refractivity contribution in [2.75, 3.05) is 0 Å². The molecule has 8 nitrogen and oxygen atoms in total. The Morgan fingerprint density at radius 2 is 0.510 bits per heavy atom. The summed E-state index contributed by atoms with van der Waals surface area (Å²) in [7, 11) is 0. The highest BCUT2D eigenvalue weighted by Crippen LogP contribution is 2.43. The largest absolute Gasteiger partial charge is 0.309 e. The van der Waals surface area contributed by atoms with Gasteiger partial charge in [-0.1, -0.05) is 200 Å². The van der Waals surface area contributed by atoms with Gasteiger partial charge in [-0.05, 0) is 150 Å². The van der Waals surface area contributed by atoms with Crippen molar-refractivity contribution in [3.05, 3.63) is 340 Å². The standard InChI is InChI=1S/2C46H28N4S/c1-2-12-32(13-3-1)49-40-19-8-5-16-35(40)38-26-29(22-24-41(38)49)30-21-23-36-34-15-4-7-18-39(34)50(42(36)27-30)33-14-10-11-31(25-33)46-47-28-44-45(48-46)37-17-6-9-20-43(37)51-44;1-2-12-32(13-3-1)49-39-18-7-4-15-34(39)37-26-29(21-23-41(37)49)30-22-24-42-38(27-30)35-16-5-8-19-40(35)50(42)33-14-10-11-31(25-33)46-47-28-44-45(48-46)36-17-6-9-20-43(36)51-44/h2*1-28H. The van der Waals surface area contributed by atoms with Crippen molar-refractivity contribution in [2.45, 2.75) is 0 Å². The van der Waals surface area contributed by atoms with Crippen molar-refractivity contribution in [1.82, 2.24) is 38.2 Å². The third-order valence-corrected chi connectivity index (χ3v) is 22.5. The summed E-state index contributed by atoms with van der Waals surface area (Å²) in [6, 6.07) is 118. The van der Waals surface area contributed by atoms with E-state index in [9.17, 15) is 0 Å². The van der Waals surface area contributed by atoms with Crippen molar-refractivity contribution in [2.24, 2.45) is 0 Å². The SMILES string of the molecule is c1ccc(-n2c3ccccc3c3cc(-c4ccc5c(c4)c4ccccc4n5-c4cccc(-c5ncc6sc7ccccc7c6n5)c4)ccc32)cc1.c1ccc(-n2c3ccccc3c3cc(-c4ccc5c6ccccc6n(-c6cccc(-c7ncc8sc9ccccc9c8n7)c6)c5c4)ccc32)cc1. The van der Waals surface area contributed by atoms with Gasteiger partial charge in [-0.3, -0.25) is 0 Å². The number of benzene rings is 14. The molecule has 8 aromatic heterocycles. The summed E-state index contributed by atoms with van der Waals surface area (Å²) in [6.45, 7) is 0. The summed E-state index contributed by atoms with van der Waals surface area (Å²) >= 11 is 3.48. The molecule has 22 rings (SSSR count). The van der Waals surface area contributed by atoms with Gasteiger partial charge in [0.2, 0.25) is 0 Å². The van der Waals surface area contributed by atoms with Gasteiger partial charge in [0.25, 0.3) is 0 Å². The van der Waals surface area contributed by atoms with Crippen LogP contribution in [0.3, 0.4) is 0 Å². The highest BCUT2D eigenvalue weighted by molar-refractivity contribution is 7.26. The molecule has 22 aromatic rings. The molecule has 0 bridgehead atoms. The van der Waals surface area contributed by atoms with E-state index in [1.165, 1.54) is 136 Å². The topological polar surface area (TPSA) is 71.3 Å². The van der Waals surface area contributed by atoms with Gasteiger partial charge >= 0.3 is 0 Å². The summed E-state index contributed by atoms with van der Waals surface area (Å²) in [5.74, 6) is 1.47. The Morgan fingerprint density at radius 3 is 0.941 bits per heavy atom. The van der Waals surface area contributed by atoms with E-state index in [1.54, 1.807) is 22.7 Å². The second kappa shape index (κ2) is 23.3. The Morgan fingerprint density at radius 1 is 0.196 bits per heavy atom. The molecule has 0 atom stereocenters. The van der Waals surface area contributed by atoms with Crippen LogP contribution >= 0.6 is 22.7 Å². The molecule has 8 heterocycles. The first-order chi connectivity index (χ1) is 50.6. The lowest BCUT2D eigenvalue weighted by Gasteiger charge is -2.11. The summed E-state index contributed by atoms with van der Waals surface area (Å²) < 4.78 is 14.2. The fraction of sp³-hybridized carbons (Fsp3) is 0. The predicted molar refractivity (Wildman–Crippen MR) is 429 cm³/mol.